The zero-order valence-electron chi connectivity index (χ0n) is 10.4. The smallest absolute Gasteiger partial charge is 0.119 e. The summed E-state index contributed by atoms with van der Waals surface area (Å²) in [5.41, 5.74) is 1.33. The van der Waals surface area contributed by atoms with Crippen molar-refractivity contribution >= 4 is 11.6 Å². The van der Waals surface area contributed by atoms with Gasteiger partial charge in [-0.3, -0.25) is 4.90 Å². The summed E-state index contributed by atoms with van der Waals surface area (Å²) < 4.78 is 5.24. The van der Waals surface area contributed by atoms with Gasteiger partial charge in [-0.05, 0) is 49.5 Å². The quantitative estimate of drug-likeness (QED) is 0.765. The maximum absolute atomic E-state index is 5.89. The van der Waals surface area contributed by atoms with E-state index in [1.54, 1.807) is 7.11 Å². The van der Waals surface area contributed by atoms with E-state index in [-0.39, 0.29) is 0 Å². The molecule has 2 rings (SSSR count). The van der Waals surface area contributed by atoms with Gasteiger partial charge in [-0.25, -0.2) is 0 Å². The van der Waals surface area contributed by atoms with Gasteiger partial charge in [0.2, 0.25) is 0 Å². The number of nitrogens with zero attached hydrogens (tertiary/aromatic N) is 1. The van der Waals surface area contributed by atoms with E-state index in [1.165, 1.54) is 18.4 Å². The van der Waals surface area contributed by atoms with Crippen LogP contribution >= 0.6 is 11.6 Å². The lowest BCUT2D eigenvalue weighted by Gasteiger charge is -2.31. The van der Waals surface area contributed by atoms with E-state index in [4.69, 9.17) is 16.3 Å². The maximum atomic E-state index is 5.89. The monoisotopic (exact) mass is 253 g/mol. The first-order chi connectivity index (χ1) is 8.31. The van der Waals surface area contributed by atoms with E-state index in [0.29, 0.717) is 0 Å². The predicted octanol–water partition coefficient (Wildman–Crippen LogP) is 3.15. The molecule has 0 aliphatic carbocycles. The predicted molar refractivity (Wildman–Crippen MR) is 71.7 cm³/mol. The van der Waals surface area contributed by atoms with Crippen molar-refractivity contribution in [2.45, 2.75) is 19.4 Å². The molecule has 0 aromatic heterocycles. The van der Waals surface area contributed by atoms with E-state index in [9.17, 15) is 0 Å². The van der Waals surface area contributed by atoms with Crippen LogP contribution in [0.15, 0.2) is 24.3 Å². The Morgan fingerprint density at radius 2 is 2.12 bits per heavy atom. The Balaban J connectivity index is 1.88. The van der Waals surface area contributed by atoms with E-state index >= 15 is 0 Å². The summed E-state index contributed by atoms with van der Waals surface area (Å²) in [6.07, 6.45) is 2.46. The number of hydrogen-bond donors (Lipinski definition) is 0. The van der Waals surface area contributed by atoms with Crippen molar-refractivity contribution in [3.63, 3.8) is 0 Å². The van der Waals surface area contributed by atoms with Crippen LogP contribution < -0.4 is 4.74 Å². The van der Waals surface area contributed by atoms with Gasteiger partial charge in [0.25, 0.3) is 0 Å². The Kier molecular flexibility index (Phi) is 4.69. The SMILES string of the molecule is COc1cccc(CN2CCC(CCl)CC2)c1. The molecule has 1 aliphatic heterocycles. The zero-order valence-corrected chi connectivity index (χ0v) is 11.1. The molecule has 0 spiro atoms. The fraction of sp³-hybridized carbons (Fsp3) is 0.571. The highest BCUT2D eigenvalue weighted by atomic mass is 35.5. The molecule has 94 valence electrons. The second-order valence-electron chi connectivity index (χ2n) is 4.73. The van der Waals surface area contributed by atoms with Gasteiger partial charge < -0.3 is 4.74 Å². The average Bonchev–Trinajstić information content (AvgIpc) is 2.40. The van der Waals surface area contributed by atoms with Gasteiger partial charge >= 0.3 is 0 Å². The number of ether oxygens (including phenoxy) is 1. The van der Waals surface area contributed by atoms with Crippen LogP contribution in [0.3, 0.4) is 0 Å². The second-order valence-corrected chi connectivity index (χ2v) is 5.03. The second kappa shape index (κ2) is 6.27. The topological polar surface area (TPSA) is 12.5 Å². The molecule has 2 nitrogen and oxygen atoms in total. The Bertz CT molecular complexity index is 348. The van der Waals surface area contributed by atoms with Crippen LogP contribution in [0.4, 0.5) is 0 Å². The van der Waals surface area contributed by atoms with Gasteiger partial charge in [-0.2, -0.15) is 0 Å². The molecule has 0 amide bonds. The maximum Gasteiger partial charge on any atom is 0.119 e. The number of alkyl halides is 1. The minimum absolute atomic E-state index is 0.721. The van der Waals surface area contributed by atoms with E-state index in [1.807, 2.05) is 6.07 Å². The normalized spacial score (nSPS) is 18.2. The highest BCUT2D eigenvalue weighted by Crippen LogP contribution is 2.21. The van der Waals surface area contributed by atoms with Crippen LogP contribution in [0.5, 0.6) is 5.75 Å². The summed E-state index contributed by atoms with van der Waals surface area (Å²) in [5.74, 6) is 2.48. The molecular formula is C14H20ClNO. The summed E-state index contributed by atoms with van der Waals surface area (Å²) in [6, 6.07) is 8.33. The first kappa shape index (κ1) is 12.7. The molecule has 1 aliphatic rings. The number of piperidine rings is 1. The van der Waals surface area contributed by atoms with Crippen LogP contribution in [0.25, 0.3) is 0 Å². The molecule has 1 aromatic rings. The van der Waals surface area contributed by atoms with Crippen LogP contribution in [-0.4, -0.2) is 31.0 Å². The number of hydrogen-bond acceptors (Lipinski definition) is 2. The van der Waals surface area contributed by atoms with Crippen molar-refractivity contribution in [1.82, 2.24) is 4.90 Å². The van der Waals surface area contributed by atoms with Gasteiger partial charge in [-0.1, -0.05) is 12.1 Å². The summed E-state index contributed by atoms with van der Waals surface area (Å²) in [6.45, 7) is 3.34. The summed E-state index contributed by atoms with van der Waals surface area (Å²) >= 11 is 5.89. The molecule has 0 atom stereocenters. The van der Waals surface area contributed by atoms with E-state index < -0.39 is 0 Å². The third-order valence-electron chi connectivity index (χ3n) is 3.47. The van der Waals surface area contributed by atoms with E-state index in [0.717, 1.165) is 37.2 Å². The third kappa shape index (κ3) is 3.62. The molecule has 0 N–H and O–H groups in total. The van der Waals surface area contributed by atoms with Crippen molar-refractivity contribution in [1.29, 1.82) is 0 Å². The highest BCUT2D eigenvalue weighted by Gasteiger charge is 2.18. The Morgan fingerprint density at radius 3 is 2.76 bits per heavy atom. The van der Waals surface area contributed by atoms with Crippen LogP contribution in [0, 0.1) is 5.92 Å². The molecule has 1 saturated heterocycles. The Labute approximate surface area is 109 Å². The van der Waals surface area contributed by atoms with Gasteiger partial charge in [0.15, 0.2) is 0 Å². The van der Waals surface area contributed by atoms with Crippen molar-refractivity contribution < 1.29 is 4.74 Å². The lowest BCUT2D eigenvalue weighted by atomic mass is 9.98. The summed E-state index contributed by atoms with van der Waals surface area (Å²) in [4.78, 5) is 2.50. The molecule has 3 heteroatoms. The molecule has 17 heavy (non-hydrogen) atoms. The summed E-state index contributed by atoms with van der Waals surface area (Å²) in [7, 11) is 1.71. The lowest BCUT2D eigenvalue weighted by Crippen LogP contribution is -2.33. The van der Waals surface area contributed by atoms with Crippen LogP contribution in [0.1, 0.15) is 18.4 Å². The first-order valence-electron chi connectivity index (χ1n) is 6.23. The minimum Gasteiger partial charge on any atom is -0.497 e. The molecule has 0 radical (unpaired) electrons. The number of halogens is 1. The Hall–Kier alpha value is -0.730. The van der Waals surface area contributed by atoms with Crippen LogP contribution in [0.2, 0.25) is 0 Å². The molecule has 0 bridgehead atoms. The Morgan fingerprint density at radius 1 is 1.35 bits per heavy atom. The fourth-order valence-electron chi connectivity index (χ4n) is 2.33. The van der Waals surface area contributed by atoms with Gasteiger partial charge in [0, 0.05) is 12.4 Å². The van der Waals surface area contributed by atoms with E-state index in [2.05, 4.69) is 23.1 Å². The van der Waals surface area contributed by atoms with Crippen molar-refractivity contribution in [3.05, 3.63) is 29.8 Å². The van der Waals surface area contributed by atoms with Crippen molar-refractivity contribution in [2.24, 2.45) is 5.92 Å². The standard InChI is InChI=1S/C14H20ClNO/c1-17-14-4-2-3-13(9-14)11-16-7-5-12(10-15)6-8-16/h2-4,9,12H,5-8,10-11H2,1H3. The van der Waals surface area contributed by atoms with Crippen LogP contribution in [-0.2, 0) is 6.54 Å². The van der Waals surface area contributed by atoms with Gasteiger partial charge in [0.05, 0.1) is 7.11 Å². The lowest BCUT2D eigenvalue weighted by molar-refractivity contribution is 0.186. The number of rotatable bonds is 4. The molecule has 1 aromatic carbocycles. The molecule has 1 heterocycles. The molecule has 0 saturated carbocycles. The van der Waals surface area contributed by atoms with Crippen molar-refractivity contribution in [3.8, 4) is 5.75 Å². The number of benzene rings is 1. The first-order valence-corrected chi connectivity index (χ1v) is 6.76. The zero-order chi connectivity index (χ0) is 12.1. The number of methoxy groups -OCH3 is 1. The molecular weight excluding hydrogens is 234 g/mol. The number of likely N-dealkylation sites (tertiary alicyclic amines) is 1. The van der Waals surface area contributed by atoms with Crippen molar-refractivity contribution in [2.75, 3.05) is 26.1 Å². The minimum atomic E-state index is 0.721. The average molecular weight is 254 g/mol. The largest absolute Gasteiger partial charge is 0.497 e. The van der Waals surface area contributed by atoms with Gasteiger partial charge in [0.1, 0.15) is 5.75 Å². The fourth-order valence-corrected chi connectivity index (χ4v) is 2.64. The van der Waals surface area contributed by atoms with Gasteiger partial charge in [-0.15, -0.1) is 11.6 Å². The molecule has 1 fully saturated rings. The molecule has 0 unspecified atom stereocenters. The highest BCUT2D eigenvalue weighted by molar-refractivity contribution is 6.18. The summed E-state index contributed by atoms with van der Waals surface area (Å²) in [5, 5.41) is 0. The third-order valence-corrected chi connectivity index (χ3v) is 3.90.